The van der Waals surface area contributed by atoms with Crippen molar-refractivity contribution in [3.63, 3.8) is 0 Å². The maximum Gasteiger partial charge on any atom is 0.323 e. The van der Waals surface area contributed by atoms with E-state index in [1.54, 1.807) is 13.8 Å². The predicted molar refractivity (Wildman–Crippen MR) is 63.0 cm³/mol. The smallest absolute Gasteiger partial charge is 0.323 e. The Morgan fingerprint density at radius 2 is 1.80 bits per heavy atom. The zero-order valence-electron chi connectivity index (χ0n) is 10.9. The number of aliphatic carboxylic acids is 1. The summed E-state index contributed by atoms with van der Waals surface area (Å²) < 4.78 is 0. The van der Waals surface area contributed by atoms with Crippen LogP contribution >= 0.6 is 0 Å². The first-order valence-electron chi connectivity index (χ1n) is 5.79. The fourth-order valence-corrected chi connectivity index (χ4v) is 2.22. The van der Waals surface area contributed by atoms with E-state index in [1.165, 1.54) is 0 Å². The monoisotopic (exact) mass is 215 g/mol. The van der Waals surface area contributed by atoms with Crippen molar-refractivity contribution in [3.05, 3.63) is 0 Å². The number of hydrogen-bond acceptors (Lipinski definition) is 2. The quantitative estimate of drug-likeness (QED) is 0.740. The van der Waals surface area contributed by atoms with Gasteiger partial charge in [-0.3, -0.25) is 9.69 Å². The average Bonchev–Trinajstić information content (AvgIpc) is 2.12. The molecule has 3 heteroatoms. The van der Waals surface area contributed by atoms with Crippen LogP contribution in [0, 0.1) is 5.92 Å². The van der Waals surface area contributed by atoms with Crippen LogP contribution in [0.15, 0.2) is 0 Å². The van der Waals surface area contributed by atoms with Crippen LogP contribution in [0.1, 0.15) is 48.0 Å². The van der Waals surface area contributed by atoms with Gasteiger partial charge < -0.3 is 5.11 Å². The Balaban J connectivity index is 4.95. The Labute approximate surface area is 93.5 Å². The molecule has 0 aromatic carbocycles. The van der Waals surface area contributed by atoms with Crippen LogP contribution in [-0.2, 0) is 4.79 Å². The normalized spacial score (nSPS) is 14.7. The minimum Gasteiger partial charge on any atom is -0.480 e. The molecule has 1 N–H and O–H groups in total. The lowest BCUT2D eigenvalue weighted by atomic mass is 9.93. The van der Waals surface area contributed by atoms with E-state index >= 15 is 0 Å². The summed E-state index contributed by atoms with van der Waals surface area (Å²) in [6.45, 7) is 12.8. The minimum atomic E-state index is -0.778. The summed E-state index contributed by atoms with van der Waals surface area (Å²) in [7, 11) is 0. The molecule has 0 aromatic heterocycles. The molecule has 0 heterocycles. The number of hydrogen-bond donors (Lipinski definition) is 1. The molecule has 0 aliphatic heterocycles. The fourth-order valence-electron chi connectivity index (χ4n) is 2.22. The van der Waals surface area contributed by atoms with Crippen molar-refractivity contribution >= 4 is 5.97 Å². The minimum absolute atomic E-state index is 0.334. The van der Waals surface area contributed by atoms with Crippen LogP contribution in [-0.4, -0.2) is 34.1 Å². The van der Waals surface area contributed by atoms with E-state index < -0.39 is 11.5 Å². The fraction of sp³-hybridized carbons (Fsp3) is 0.917. The summed E-state index contributed by atoms with van der Waals surface area (Å²) in [6.07, 6.45) is 0.988. The summed E-state index contributed by atoms with van der Waals surface area (Å²) in [5.41, 5.74) is -0.778. The van der Waals surface area contributed by atoms with E-state index in [0.29, 0.717) is 12.0 Å². The molecule has 0 aliphatic carbocycles. The third kappa shape index (κ3) is 3.20. The van der Waals surface area contributed by atoms with Crippen LogP contribution in [0.5, 0.6) is 0 Å². The second-order valence-electron chi connectivity index (χ2n) is 4.87. The van der Waals surface area contributed by atoms with Crippen molar-refractivity contribution in [3.8, 4) is 0 Å². The molecule has 0 rings (SSSR count). The van der Waals surface area contributed by atoms with Crippen molar-refractivity contribution in [1.82, 2.24) is 4.90 Å². The maximum absolute atomic E-state index is 11.2. The molecule has 0 spiro atoms. The Morgan fingerprint density at radius 1 is 1.33 bits per heavy atom. The highest BCUT2D eigenvalue weighted by molar-refractivity contribution is 5.77. The van der Waals surface area contributed by atoms with E-state index in [1.807, 2.05) is 6.92 Å². The Kier molecular flexibility index (Phi) is 5.29. The second-order valence-corrected chi connectivity index (χ2v) is 4.87. The lowest BCUT2D eigenvalue weighted by molar-refractivity contribution is -0.151. The van der Waals surface area contributed by atoms with Crippen molar-refractivity contribution in [2.75, 3.05) is 6.54 Å². The maximum atomic E-state index is 11.2. The van der Waals surface area contributed by atoms with E-state index in [-0.39, 0.29) is 0 Å². The standard InChI is InChI=1S/C12H25NO2/c1-7-10(9(3)4)13(8-2)12(5,6)11(14)15/h9-10H,7-8H2,1-6H3,(H,14,15). The molecule has 0 aliphatic rings. The van der Waals surface area contributed by atoms with E-state index in [9.17, 15) is 9.90 Å². The summed E-state index contributed by atoms with van der Waals surface area (Å²) in [5.74, 6) is -0.267. The molecule has 0 saturated heterocycles. The highest BCUT2D eigenvalue weighted by atomic mass is 16.4. The largest absolute Gasteiger partial charge is 0.480 e. The lowest BCUT2D eigenvalue weighted by Gasteiger charge is -2.42. The van der Waals surface area contributed by atoms with Gasteiger partial charge in [0.15, 0.2) is 0 Å². The predicted octanol–water partition coefficient (Wildman–Crippen LogP) is 2.61. The Hall–Kier alpha value is -0.570. The van der Waals surface area contributed by atoms with Crippen molar-refractivity contribution in [2.45, 2.75) is 59.5 Å². The van der Waals surface area contributed by atoms with Crippen molar-refractivity contribution in [2.24, 2.45) is 5.92 Å². The molecule has 0 amide bonds. The van der Waals surface area contributed by atoms with Crippen LogP contribution in [0.4, 0.5) is 0 Å². The zero-order chi connectivity index (χ0) is 12.2. The highest BCUT2D eigenvalue weighted by Gasteiger charge is 2.38. The molecule has 0 saturated carbocycles. The molecule has 0 aromatic rings. The van der Waals surface area contributed by atoms with Gasteiger partial charge in [0.25, 0.3) is 0 Å². The summed E-state index contributed by atoms with van der Waals surface area (Å²) >= 11 is 0. The van der Waals surface area contributed by atoms with Gasteiger partial charge in [-0.2, -0.15) is 0 Å². The summed E-state index contributed by atoms with van der Waals surface area (Å²) in [5, 5.41) is 9.23. The molecule has 1 atom stereocenters. The Bertz CT molecular complexity index is 212. The first-order chi connectivity index (χ1) is 6.78. The van der Waals surface area contributed by atoms with Crippen molar-refractivity contribution < 1.29 is 9.90 Å². The van der Waals surface area contributed by atoms with Crippen LogP contribution in [0.25, 0.3) is 0 Å². The topological polar surface area (TPSA) is 40.5 Å². The van der Waals surface area contributed by atoms with Gasteiger partial charge in [0.1, 0.15) is 5.54 Å². The Morgan fingerprint density at radius 3 is 2.00 bits per heavy atom. The molecule has 0 fully saturated rings. The summed E-state index contributed by atoms with van der Waals surface area (Å²) in [6, 6.07) is 0.334. The highest BCUT2D eigenvalue weighted by Crippen LogP contribution is 2.24. The summed E-state index contributed by atoms with van der Waals surface area (Å²) in [4.78, 5) is 13.3. The SMILES string of the molecule is CCC(C(C)C)N(CC)C(C)(C)C(=O)O. The number of carbonyl (C=O) groups is 1. The molecule has 3 nitrogen and oxygen atoms in total. The molecule has 90 valence electrons. The third-order valence-corrected chi connectivity index (χ3v) is 3.17. The van der Waals surface area contributed by atoms with E-state index in [4.69, 9.17) is 0 Å². The zero-order valence-corrected chi connectivity index (χ0v) is 10.9. The van der Waals surface area contributed by atoms with E-state index in [2.05, 4.69) is 25.7 Å². The van der Waals surface area contributed by atoms with Gasteiger partial charge in [-0.15, -0.1) is 0 Å². The number of carboxylic acids is 1. The van der Waals surface area contributed by atoms with Crippen LogP contribution < -0.4 is 0 Å². The van der Waals surface area contributed by atoms with Gasteiger partial charge in [0.05, 0.1) is 0 Å². The molecule has 1 unspecified atom stereocenters. The third-order valence-electron chi connectivity index (χ3n) is 3.17. The first-order valence-corrected chi connectivity index (χ1v) is 5.79. The first kappa shape index (κ1) is 14.4. The molecular formula is C12H25NO2. The van der Waals surface area contributed by atoms with E-state index in [0.717, 1.165) is 13.0 Å². The van der Waals surface area contributed by atoms with Gasteiger partial charge in [-0.25, -0.2) is 0 Å². The molecular weight excluding hydrogens is 190 g/mol. The number of likely N-dealkylation sites (N-methyl/N-ethyl adjacent to an activating group) is 1. The van der Waals surface area contributed by atoms with Gasteiger partial charge >= 0.3 is 5.97 Å². The second kappa shape index (κ2) is 5.50. The molecule has 15 heavy (non-hydrogen) atoms. The van der Waals surface area contributed by atoms with Crippen LogP contribution in [0.3, 0.4) is 0 Å². The van der Waals surface area contributed by atoms with Gasteiger partial charge in [0.2, 0.25) is 0 Å². The lowest BCUT2D eigenvalue weighted by Crippen LogP contribution is -2.55. The average molecular weight is 215 g/mol. The number of carboxylic acid groups (broad SMARTS) is 1. The van der Waals surface area contributed by atoms with Gasteiger partial charge in [0, 0.05) is 6.04 Å². The van der Waals surface area contributed by atoms with Gasteiger partial charge in [-0.05, 0) is 32.7 Å². The molecule has 0 radical (unpaired) electrons. The number of rotatable bonds is 6. The number of nitrogens with zero attached hydrogens (tertiary/aromatic N) is 1. The van der Waals surface area contributed by atoms with Crippen molar-refractivity contribution in [1.29, 1.82) is 0 Å². The molecule has 0 bridgehead atoms. The van der Waals surface area contributed by atoms with Crippen LogP contribution in [0.2, 0.25) is 0 Å². The van der Waals surface area contributed by atoms with Gasteiger partial charge in [-0.1, -0.05) is 27.7 Å².